The largest absolute Gasteiger partial charge is 0.379 e. The molecule has 10 heterocycles. The van der Waals surface area contributed by atoms with Crippen LogP contribution in [0.2, 0.25) is 0 Å². The van der Waals surface area contributed by atoms with E-state index in [1.165, 1.54) is 32.2 Å². The van der Waals surface area contributed by atoms with Crippen molar-refractivity contribution in [3.8, 4) is 28.0 Å². The van der Waals surface area contributed by atoms with Crippen LogP contribution < -0.4 is 20.4 Å². The van der Waals surface area contributed by atoms with Gasteiger partial charge in [-0.15, -0.1) is 10.2 Å². The number of carbonyl (C=O) groups is 2. The molecule has 2 bridgehead atoms. The number of nitrogens with zero attached hydrogens (tertiary/aromatic N) is 10. The highest BCUT2D eigenvalue weighted by Crippen LogP contribution is 2.39. The molecule has 0 radical (unpaired) electrons. The van der Waals surface area contributed by atoms with Crippen LogP contribution in [0, 0.1) is 17.2 Å². The summed E-state index contributed by atoms with van der Waals surface area (Å²) >= 11 is 1.66. The smallest absolute Gasteiger partial charge is 0.226 e. The van der Waals surface area contributed by atoms with Gasteiger partial charge in [0.1, 0.15) is 11.9 Å². The number of rotatable bonds is 8. The van der Waals surface area contributed by atoms with Gasteiger partial charge in [0.05, 0.1) is 46.9 Å². The third-order valence-electron chi connectivity index (χ3n) is 11.8. The highest BCUT2D eigenvalue weighted by atomic mass is 32.1. The van der Waals surface area contributed by atoms with Crippen molar-refractivity contribution in [3.63, 3.8) is 0 Å². The van der Waals surface area contributed by atoms with Gasteiger partial charge in [0, 0.05) is 82.3 Å². The van der Waals surface area contributed by atoms with Crippen LogP contribution in [0.1, 0.15) is 56.9 Å². The first kappa shape index (κ1) is 37.1. The van der Waals surface area contributed by atoms with E-state index in [-0.39, 0.29) is 17.9 Å². The van der Waals surface area contributed by atoms with Crippen molar-refractivity contribution < 1.29 is 14.3 Å². The third-order valence-corrected chi connectivity index (χ3v) is 12.8. The lowest BCUT2D eigenvalue weighted by atomic mass is 9.95. The second kappa shape index (κ2) is 16.5. The van der Waals surface area contributed by atoms with Crippen molar-refractivity contribution in [3.05, 3.63) is 66.6 Å². The molecule has 0 spiro atoms. The van der Waals surface area contributed by atoms with Crippen molar-refractivity contribution >= 4 is 45.3 Å². The Morgan fingerprint density at radius 3 is 2.46 bits per heavy atom. The Balaban J connectivity index is 0.000000474. The number of carbonyl (C=O) groups excluding carboxylic acids is 2. The molecular weight excluding hydrogens is 741 g/mol. The Hall–Kier alpha value is -5.50. The highest BCUT2D eigenvalue weighted by Gasteiger charge is 2.42. The molecule has 15 nitrogen and oxygen atoms in total. The molecule has 5 aliphatic rings. The normalized spacial score (nSPS) is 22.6. The van der Waals surface area contributed by atoms with Gasteiger partial charge >= 0.3 is 0 Å². The molecule has 10 rings (SSSR count). The Labute approximate surface area is 335 Å². The average molecular weight is 787 g/mol. The van der Waals surface area contributed by atoms with Crippen LogP contribution in [0.3, 0.4) is 0 Å². The second-order valence-electron chi connectivity index (χ2n) is 15.6. The van der Waals surface area contributed by atoms with Crippen LogP contribution in [0.25, 0.3) is 27.5 Å². The van der Waals surface area contributed by atoms with Crippen LogP contribution in [-0.2, 0) is 14.3 Å². The number of piperidine rings is 2. The van der Waals surface area contributed by atoms with Crippen LogP contribution >= 0.6 is 11.3 Å². The lowest BCUT2D eigenvalue weighted by Crippen LogP contribution is -2.55. The van der Waals surface area contributed by atoms with E-state index in [2.05, 4.69) is 59.7 Å². The molecule has 5 fully saturated rings. The molecule has 0 aliphatic carbocycles. The molecular formula is C41H46N12O3S. The van der Waals surface area contributed by atoms with Gasteiger partial charge in [-0.05, 0) is 80.8 Å². The van der Waals surface area contributed by atoms with Gasteiger partial charge in [-0.1, -0.05) is 17.4 Å². The van der Waals surface area contributed by atoms with Crippen LogP contribution in [0.4, 0.5) is 16.6 Å². The minimum absolute atomic E-state index is 0.138. The van der Waals surface area contributed by atoms with Crippen LogP contribution in [0.15, 0.2) is 61.1 Å². The van der Waals surface area contributed by atoms with E-state index >= 15 is 0 Å². The number of nitrogens with one attached hydrogen (secondary N) is 2. The lowest BCUT2D eigenvalue weighted by molar-refractivity contribution is -0.132. The Morgan fingerprint density at radius 2 is 1.75 bits per heavy atom. The lowest BCUT2D eigenvalue weighted by Gasteiger charge is -2.43. The number of amides is 2. The number of anilines is 3. The fraction of sp³-hybridized carbons (Fsp3) is 0.463. The van der Waals surface area contributed by atoms with Crippen molar-refractivity contribution in [2.24, 2.45) is 5.92 Å². The molecule has 5 aliphatic heterocycles. The highest BCUT2D eigenvalue weighted by molar-refractivity contribution is 7.18. The zero-order valence-corrected chi connectivity index (χ0v) is 32.6. The fourth-order valence-electron chi connectivity index (χ4n) is 8.78. The van der Waals surface area contributed by atoms with E-state index in [4.69, 9.17) is 19.9 Å². The minimum atomic E-state index is -0.138. The number of imide groups is 1. The number of nitriles is 1. The molecule has 3 unspecified atom stereocenters. The number of fused-ring (bicyclic) bond motifs is 3. The molecule has 3 atom stereocenters. The summed E-state index contributed by atoms with van der Waals surface area (Å²) in [7, 11) is 0. The summed E-state index contributed by atoms with van der Waals surface area (Å²) in [6.45, 7) is 6.80. The maximum absolute atomic E-state index is 10.3. The van der Waals surface area contributed by atoms with E-state index in [1.54, 1.807) is 17.5 Å². The third kappa shape index (κ3) is 8.18. The molecule has 294 valence electrons. The predicted octanol–water partition coefficient (Wildman–Crippen LogP) is 4.76. The Bertz CT molecular complexity index is 2230. The first-order valence-corrected chi connectivity index (χ1v) is 20.8. The van der Waals surface area contributed by atoms with Crippen LogP contribution in [0.5, 0.6) is 0 Å². The maximum atomic E-state index is 10.3. The van der Waals surface area contributed by atoms with Gasteiger partial charge in [0.25, 0.3) is 0 Å². The van der Waals surface area contributed by atoms with Crippen molar-refractivity contribution in [2.75, 3.05) is 61.1 Å². The number of hydrogen-bond donors (Lipinski definition) is 2. The van der Waals surface area contributed by atoms with Crippen molar-refractivity contribution in [1.29, 1.82) is 5.26 Å². The summed E-state index contributed by atoms with van der Waals surface area (Å²) in [6.07, 6.45) is 13.0. The molecule has 0 saturated carbocycles. The number of ether oxygens (including phenoxy) is 1. The van der Waals surface area contributed by atoms with Gasteiger partial charge in [-0.25, -0.2) is 9.50 Å². The standard InChI is InChI=1S/C36H39N11OS.C5H7NO2/c37-17-25-15-27-6-7-33(47(27)40-18-25)32-16-31(41-26-10-14-48-23-26)30(19-39-32)35-42-43-36(49-35)45-21-28-4-5-29(22-45)46(28)20-24-8-12-44(13-9-24)34-3-1-2-11-38-34;7-4-2-1-3-5(8)6-4/h1-3,6-7,11,15-16,18-19,24,26,28-29H,4-5,8-10,12-14,20-23H2,(H,39,41);1-3H2,(H,6,7,8). The summed E-state index contributed by atoms with van der Waals surface area (Å²) in [5, 5.41) is 31.0. The monoisotopic (exact) mass is 786 g/mol. The van der Waals surface area contributed by atoms with Gasteiger partial charge in [-0.3, -0.25) is 24.8 Å². The minimum Gasteiger partial charge on any atom is -0.379 e. The summed E-state index contributed by atoms with van der Waals surface area (Å²) in [6, 6.07) is 17.6. The molecule has 5 aromatic rings. The Morgan fingerprint density at radius 1 is 0.930 bits per heavy atom. The van der Waals surface area contributed by atoms with Crippen LogP contribution in [-0.4, -0.2) is 111 Å². The number of piperazine rings is 1. The van der Waals surface area contributed by atoms with E-state index in [9.17, 15) is 14.9 Å². The fourth-order valence-corrected chi connectivity index (χ4v) is 9.67. The zero-order chi connectivity index (χ0) is 38.7. The van der Waals surface area contributed by atoms with Gasteiger partial charge in [0.15, 0.2) is 5.01 Å². The van der Waals surface area contributed by atoms with Crippen molar-refractivity contribution in [1.82, 2.24) is 40.0 Å². The van der Waals surface area contributed by atoms with E-state index in [1.807, 2.05) is 41.2 Å². The SMILES string of the molecule is N#Cc1cnn2c(-c3cc(NC4CCOC4)c(-c4nnc(N5CC6CCC(C5)N6CC5CCN(c6ccccn6)CC5)s4)cn3)ccc2c1.O=C1CCCC(=O)N1. The molecule has 0 aromatic carbocycles. The molecule has 5 saturated heterocycles. The topological polar surface area (TPSA) is 170 Å². The average Bonchev–Trinajstić information content (AvgIpc) is 4.06. The number of aromatic nitrogens is 6. The number of hydrogen-bond acceptors (Lipinski definition) is 14. The van der Waals surface area contributed by atoms with Gasteiger partial charge < -0.3 is 19.9 Å². The maximum Gasteiger partial charge on any atom is 0.226 e. The number of pyridine rings is 2. The van der Waals surface area contributed by atoms with E-state index in [0.717, 1.165) is 89.2 Å². The summed E-state index contributed by atoms with van der Waals surface area (Å²) in [4.78, 5) is 37.9. The molecule has 16 heteroatoms. The molecule has 2 amide bonds. The predicted molar refractivity (Wildman–Crippen MR) is 217 cm³/mol. The summed E-state index contributed by atoms with van der Waals surface area (Å²) in [5.41, 5.74) is 4.95. The summed E-state index contributed by atoms with van der Waals surface area (Å²) < 4.78 is 7.51. The van der Waals surface area contributed by atoms with E-state index in [0.29, 0.717) is 43.5 Å². The molecule has 57 heavy (non-hydrogen) atoms. The Kier molecular flexibility index (Phi) is 10.8. The zero-order valence-electron chi connectivity index (χ0n) is 31.8. The first-order chi connectivity index (χ1) is 28.0. The van der Waals surface area contributed by atoms with Gasteiger partial charge in [-0.2, -0.15) is 10.4 Å². The first-order valence-electron chi connectivity index (χ1n) is 20.0. The van der Waals surface area contributed by atoms with Gasteiger partial charge in [0.2, 0.25) is 16.9 Å². The van der Waals surface area contributed by atoms with E-state index < -0.39 is 0 Å². The molecule has 2 N–H and O–H groups in total. The summed E-state index contributed by atoms with van der Waals surface area (Å²) in [5.74, 6) is 1.57. The molecule has 5 aromatic heterocycles. The quantitative estimate of drug-likeness (QED) is 0.207. The second-order valence-corrected chi connectivity index (χ2v) is 16.5. The van der Waals surface area contributed by atoms with Crippen molar-refractivity contribution in [2.45, 2.75) is 69.5 Å².